The topological polar surface area (TPSA) is 25.1 Å². The van der Waals surface area contributed by atoms with Gasteiger partial charge in [-0.25, -0.2) is 0 Å². The highest BCUT2D eigenvalue weighted by Gasteiger charge is 2.68. The van der Waals surface area contributed by atoms with Gasteiger partial charge in [-0.2, -0.15) is 0 Å². The van der Waals surface area contributed by atoms with E-state index in [0.717, 1.165) is 11.8 Å². The summed E-state index contributed by atoms with van der Waals surface area (Å²) in [5.41, 5.74) is 0.939. The van der Waals surface area contributed by atoms with Gasteiger partial charge in [0.05, 0.1) is 23.4 Å². The first kappa shape index (κ1) is 15.4. The van der Waals surface area contributed by atoms with Crippen molar-refractivity contribution in [1.82, 2.24) is 0 Å². The monoisotopic (exact) mass is 306 g/mol. The van der Waals surface area contributed by atoms with Crippen molar-refractivity contribution in [2.45, 2.75) is 103 Å². The minimum Gasteiger partial charge on any atom is -0.365 e. The van der Waals surface area contributed by atoms with E-state index in [4.69, 9.17) is 9.47 Å². The van der Waals surface area contributed by atoms with Crippen LogP contribution in [0.1, 0.15) is 80.1 Å². The Bertz CT molecular complexity index is 427. The second-order valence-corrected chi connectivity index (χ2v) is 10.6. The second kappa shape index (κ2) is 4.30. The SMILES string of the molecule is CC(C)(C)C12CC(C3CCC4OC4(C(C)(C)C)C3)CCC1O2. The number of hydrogen-bond donors (Lipinski definition) is 0. The number of fused-ring (bicyclic) bond motifs is 2. The van der Waals surface area contributed by atoms with Crippen LogP contribution in [-0.4, -0.2) is 23.4 Å². The van der Waals surface area contributed by atoms with Crippen molar-refractivity contribution in [3.8, 4) is 0 Å². The molecule has 2 saturated carbocycles. The molecule has 2 heteroatoms. The highest BCUT2D eigenvalue weighted by molar-refractivity contribution is 5.17. The number of rotatable bonds is 1. The van der Waals surface area contributed by atoms with Gasteiger partial charge in [0.2, 0.25) is 0 Å². The van der Waals surface area contributed by atoms with E-state index >= 15 is 0 Å². The molecule has 0 amide bonds. The summed E-state index contributed by atoms with van der Waals surface area (Å²) in [5, 5.41) is 0. The highest BCUT2D eigenvalue weighted by atomic mass is 16.6. The fourth-order valence-corrected chi connectivity index (χ4v) is 5.83. The second-order valence-electron chi connectivity index (χ2n) is 10.6. The number of ether oxygens (including phenoxy) is 2. The maximum Gasteiger partial charge on any atom is 0.0998 e. The molecule has 2 saturated heterocycles. The summed E-state index contributed by atoms with van der Waals surface area (Å²) < 4.78 is 12.5. The molecule has 2 nitrogen and oxygen atoms in total. The molecule has 0 spiro atoms. The molecule has 6 unspecified atom stereocenters. The summed E-state index contributed by atoms with van der Waals surface area (Å²) in [5.74, 6) is 1.70. The quantitative estimate of drug-likeness (QED) is 0.640. The standard InChI is InChI=1S/C20H34O2/c1-17(2,3)19-11-13(7-9-15(19)21-19)14-8-10-16-20(12-14,22-16)18(4,5)6/h13-16H,7-12H2,1-6H3. The highest BCUT2D eigenvalue weighted by Crippen LogP contribution is 2.64. The summed E-state index contributed by atoms with van der Waals surface area (Å²) in [6, 6.07) is 0. The fraction of sp³-hybridized carbons (Fsp3) is 1.00. The van der Waals surface area contributed by atoms with Crippen LogP contribution in [0.15, 0.2) is 0 Å². The molecule has 0 aromatic carbocycles. The minimum atomic E-state index is 0.187. The van der Waals surface area contributed by atoms with Gasteiger partial charge in [0.25, 0.3) is 0 Å². The predicted molar refractivity (Wildman–Crippen MR) is 88.8 cm³/mol. The van der Waals surface area contributed by atoms with Crippen molar-refractivity contribution >= 4 is 0 Å². The third kappa shape index (κ3) is 1.99. The van der Waals surface area contributed by atoms with Crippen LogP contribution in [-0.2, 0) is 9.47 Å². The molecule has 22 heavy (non-hydrogen) atoms. The van der Waals surface area contributed by atoms with Gasteiger partial charge >= 0.3 is 0 Å². The van der Waals surface area contributed by atoms with Gasteiger partial charge in [-0.3, -0.25) is 0 Å². The van der Waals surface area contributed by atoms with Crippen LogP contribution in [0.25, 0.3) is 0 Å². The summed E-state index contributed by atoms with van der Waals surface area (Å²) in [4.78, 5) is 0. The van der Waals surface area contributed by atoms with Crippen molar-refractivity contribution in [3.05, 3.63) is 0 Å². The molecule has 126 valence electrons. The van der Waals surface area contributed by atoms with E-state index in [2.05, 4.69) is 41.5 Å². The summed E-state index contributed by atoms with van der Waals surface area (Å²) in [6.45, 7) is 14.2. The van der Waals surface area contributed by atoms with E-state index in [-0.39, 0.29) is 22.0 Å². The first-order chi connectivity index (χ1) is 10.1. The summed E-state index contributed by atoms with van der Waals surface area (Å²) in [6.07, 6.45) is 8.99. The molecule has 2 aliphatic carbocycles. The molecule has 2 heterocycles. The van der Waals surface area contributed by atoms with Crippen LogP contribution < -0.4 is 0 Å². The van der Waals surface area contributed by atoms with E-state index < -0.39 is 0 Å². The van der Waals surface area contributed by atoms with Crippen molar-refractivity contribution in [2.24, 2.45) is 22.7 Å². The molecule has 4 rings (SSSR count). The Hall–Kier alpha value is -0.0800. The summed E-state index contributed by atoms with van der Waals surface area (Å²) in [7, 11) is 0. The lowest BCUT2D eigenvalue weighted by Gasteiger charge is -2.42. The first-order valence-corrected chi connectivity index (χ1v) is 9.45. The Labute approximate surface area is 136 Å². The van der Waals surface area contributed by atoms with Crippen molar-refractivity contribution in [3.63, 3.8) is 0 Å². The Morgan fingerprint density at radius 2 is 1.00 bits per heavy atom. The van der Waals surface area contributed by atoms with Crippen LogP contribution in [0.4, 0.5) is 0 Å². The molecule has 4 aliphatic rings. The lowest BCUT2D eigenvalue weighted by molar-refractivity contribution is 0.0660. The minimum absolute atomic E-state index is 0.187. The number of epoxide rings is 2. The van der Waals surface area contributed by atoms with Crippen molar-refractivity contribution in [2.75, 3.05) is 0 Å². The largest absolute Gasteiger partial charge is 0.365 e. The van der Waals surface area contributed by atoms with Crippen LogP contribution in [0.5, 0.6) is 0 Å². The summed E-state index contributed by atoms with van der Waals surface area (Å²) >= 11 is 0. The Kier molecular flexibility index (Phi) is 3.02. The molecule has 0 bridgehead atoms. The Balaban J connectivity index is 1.49. The Morgan fingerprint density at radius 3 is 1.32 bits per heavy atom. The smallest absolute Gasteiger partial charge is 0.0998 e. The molecule has 2 aliphatic heterocycles. The van der Waals surface area contributed by atoms with Gasteiger partial charge in [-0.15, -0.1) is 0 Å². The van der Waals surface area contributed by atoms with Gasteiger partial charge in [-0.1, -0.05) is 41.5 Å². The van der Waals surface area contributed by atoms with Crippen LogP contribution in [0, 0.1) is 22.7 Å². The van der Waals surface area contributed by atoms with Crippen LogP contribution in [0.2, 0.25) is 0 Å². The van der Waals surface area contributed by atoms with Gasteiger partial charge in [0.15, 0.2) is 0 Å². The average Bonchev–Trinajstić information content (AvgIpc) is 3.28. The zero-order chi connectivity index (χ0) is 16.0. The maximum atomic E-state index is 6.25. The normalized spacial score (nSPS) is 51.0. The van der Waals surface area contributed by atoms with E-state index in [9.17, 15) is 0 Å². The molecule has 4 fully saturated rings. The van der Waals surface area contributed by atoms with E-state index in [1.54, 1.807) is 0 Å². The lowest BCUT2D eigenvalue weighted by Crippen LogP contribution is -2.43. The van der Waals surface area contributed by atoms with Crippen molar-refractivity contribution < 1.29 is 9.47 Å². The van der Waals surface area contributed by atoms with Gasteiger partial charge < -0.3 is 9.47 Å². The maximum absolute atomic E-state index is 6.25. The molecule has 0 N–H and O–H groups in total. The predicted octanol–water partition coefficient (Wildman–Crippen LogP) is 4.95. The van der Waals surface area contributed by atoms with E-state index in [1.807, 2.05) is 0 Å². The first-order valence-electron chi connectivity index (χ1n) is 9.45. The van der Waals surface area contributed by atoms with E-state index in [0.29, 0.717) is 12.2 Å². The molecule has 0 aromatic heterocycles. The lowest BCUT2D eigenvalue weighted by atomic mass is 9.60. The third-order valence-corrected chi connectivity index (χ3v) is 7.57. The molecule has 0 radical (unpaired) electrons. The van der Waals surface area contributed by atoms with Crippen LogP contribution in [0.3, 0.4) is 0 Å². The number of hydrogen-bond acceptors (Lipinski definition) is 2. The third-order valence-electron chi connectivity index (χ3n) is 7.57. The fourth-order valence-electron chi connectivity index (χ4n) is 5.83. The molecular weight excluding hydrogens is 272 g/mol. The zero-order valence-electron chi connectivity index (χ0n) is 15.4. The zero-order valence-corrected chi connectivity index (χ0v) is 15.4. The molecule has 0 aromatic rings. The van der Waals surface area contributed by atoms with Gasteiger partial charge in [-0.05, 0) is 61.2 Å². The van der Waals surface area contributed by atoms with Gasteiger partial charge in [0, 0.05) is 0 Å². The molecule has 6 atom stereocenters. The van der Waals surface area contributed by atoms with Crippen molar-refractivity contribution in [1.29, 1.82) is 0 Å². The van der Waals surface area contributed by atoms with E-state index in [1.165, 1.54) is 38.5 Å². The average molecular weight is 306 g/mol. The van der Waals surface area contributed by atoms with Gasteiger partial charge in [0.1, 0.15) is 0 Å². The molecular formula is C20H34O2. The van der Waals surface area contributed by atoms with Crippen LogP contribution >= 0.6 is 0 Å². The Morgan fingerprint density at radius 1 is 0.636 bits per heavy atom.